The zero-order chi connectivity index (χ0) is 22.2. The molecule has 0 radical (unpaired) electrons. The van der Waals surface area contributed by atoms with E-state index in [9.17, 15) is 0 Å². The summed E-state index contributed by atoms with van der Waals surface area (Å²) in [7, 11) is 0. The summed E-state index contributed by atoms with van der Waals surface area (Å²) in [6, 6.07) is 28.9. The van der Waals surface area contributed by atoms with Crippen molar-refractivity contribution < 1.29 is 8.83 Å². The average molecular weight is 548 g/mol. The minimum atomic E-state index is 0.782. The summed E-state index contributed by atoms with van der Waals surface area (Å²) in [5.74, 6) is 1.66. The van der Waals surface area contributed by atoms with Crippen LogP contribution in [-0.2, 0) is 0 Å². The Hall–Kier alpha value is -2.82. The molecule has 158 valence electrons. The highest BCUT2D eigenvalue weighted by atomic mass is 79.9. The van der Waals surface area contributed by atoms with Crippen molar-refractivity contribution in [3.8, 4) is 22.6 Å². The van der Waals surface area contributed by atoms with E-state index >= 15 is 0 Å². The maximum atomic E-state index is 6.37. The Bertz CT molecular complexity index is 1420. The molecular weight excluding hydrogens is 528 g/mol. The van der Waals surface area contributed by atoms with Crippen LogP contribution in [0.2, 0.25) is 0 Å². The zero-order valence-corrected chi connectivity index (χ0v) is 20.8. The van der Waals surface area contributed by atoms with Crippen molar-refractivity contribution in [2.45, 2.75) is 13.8 Å². The minimum Gasteiger partial charge on any atom is -0.452 e. The van der Waals surface area contributed by atoms with Gasteiger partial charge in [-0.3, -0.25) is 0 Å². The first-order valence-corrected chi connectivity index (χ1v) is 12.2. The fourth-order valence-electron chi connectivity index (χ4n) is 3.99. The van der Waals surface area contributed by atoms with E-state index in [-0.39, 0.29) is 0 Å². The van der Waals surface area contributed by atoms with Gasteiger partial charge in [-0.05, 0) is 47.2 Å². The molecule has 2 heterocycles. The molecule has 0 amide bonds. The van der Waals surface area contributed by atoms with E-state index < -0.39 is 0 Å². The summed E-state index contributed by atoms with van der Waals surface area (Å²) >= 11 is 7.00. The van der Waals surface area contributed by atoms with Gasteiger partial charge in [-0.15, -0.1) is 0 Å². The number of hydrogen-bond acceptors (Lipinski definition) is 2. The first-order chi connectivity index (χ1) is 15.7. The predicted molar refractivity (Wildman–Crippen MR) is 141 cm³/mol. The summed E-state index contributed by atoms with van der Waals surface area (Å²) < 4.78 is 14.8. The van der Waals surface area contributed by atoms with Gasteiger partial charge in [0.05, 0.1) is 0 Å². The van der Waals surface area contributed by atoms with Crippen molar-refractivity contribution in [1.29, 1.82) is 0 Å². The first kappa shape index (κ1) is 21.0. The zero-order valence-electron chi connectivity index (χ0n) is 17.7. The summed E-state index contributed by atoms with van der Waals surface area (Å²) in [4.78, 5) is 0. The van der Waals surface area contributed by atoms with E-state index in [0.717, 1.165) is 64.3 Å². The normalized spacial score (nSPS) is 11.1. The highest BCUT2D eigenvalue weighted by molar-refractivity contribution is 9.10. The van der Waals surface area contributed by atoms with Gasteiger partial charge in [-0.25, -0.2) is 0 Å². The molecular formula is C28H20Br2O2. The van der Waals surface area contributed by atoms with Crippen molar-refractivity contribution >= 4 is 64.6 Å². The fraction of sp³-hybridized carbons (Fsp3) is 0.0714. The largest absolute Gasteiger partial charge is 0.452 e. The molecule has 6 aromatic rings. The van der Waals surface area contributed by atoms with Crippen LogP contribution in [0, 0.1) is 0 Å². The van der Waals surface area contributed by atoms with E-state index in [2.05, 4.69) is 92.5 Å². The minimum absolute atomic E-state index is 0.782. The lowest BCUT2D eigenvalue weighted by Crippen LogP contribution is -1.75. The average Bonchev–Trinajstić information content (AvgIpc) is 3.47. The maximum Gasteiger partial charge on any atom is 0.178 e. The molecule has 0 aliphatic rings. The third kappa shape index (κ3) is 3.58. The quantitative estimate of drug-likeness (QED) is 0.215. The SMILES string of the molecule is Brc1ccc(-c2cc3c4ccccc4c4cc(-c5ccc(Br)cc5)oc4c3o2)cc1.CC. The van der Waals surface area contributed by atoms with E-state index in [4.69, 9.17) is 8.83 Å². The number of rotatable bonds is 2. The van der Waals surface area contributed by atoms with E-state index in [0.29, 0.717) is 0 Å². The Labute approximate surface area is 203 Å². The van der Waals surface area contributed by atoms with Crippen LogP contribution in [0.15, 0.2) is 103 Å². The number of halogens is 2. The van der Waals surface area contributed by atoms with Gasteiger partial charge in [0.2, 0.25) is 0 Å². The summed E-state index contributed by atoms with van der Waals surface area (Å²) in [5, 5.41) is 4.45. The Morgan fingerprint density at radius 2 is 0.875 bits per heavy atom. The van der Waals surface area contributed by atoms with E-state index in [1.54, 1.807) is 0 Å². The van der Waals surface area contributed by atoms with Crippen molar-refractivity contribution in [1.82, 2.24) is 0 Å². The van der Waals surface area contributed by atoms with Crippen LogP contribution < -0.4 is 0 Å². The van der Waals surface area contributed by atoms with Crippen LogP contribution in [0.3, 0.4) is 0 Å². The third-order valence-corrected chi connectivity index (χ3v) is 6.49. The molecule has 0 aliphatic heterocycles. The van der Waals surface area contributed by atoms with Gasteiger partial charge in [-0.1, -0.05) is 94.2 Å². The van der Waals surface area contributed by atoms with Crippen LogP contribution in [0.25, 0.3) is 55.4 Å². The van der Waals surface area contributed by atoms with Gasteiger partial charge in [0.25, 0.3) is 0 Å². The van der Waals surface area contributed by atoms with E-state index in [1.165, 1.54) is 0 Å². The number of furan rings is 2. The van der Waals surface area contributed by atoms with Crippen molar-refractivity contribution in [3.63, 3.8) is 0 Å². The third-order valence-electron chi connectivity index (χ3n) is 5.44. The highest BCUT2D eigenvalue weighted by Crippen LogP contribution is 2.42. The maximum absolute atomic E-state index is 6.37. The number of fused-ring (bicyclic) bond motifs is 6. The second kappa shape index (κ2) is 8.61. The predicted octanol–water partition coefficient (Wildman–Crippen LogP) is 10.2. The van der Waals surface area contributed by atoms with Crippen molar-refractivity contribution in [2.24, 2.45) is 0 Å². The lowest BCUT2D eigenvalue weighted by Gasteiger charge is -2.00. The molecule has 0 saturated heterocycles. The topological polar surface area (TPSA) is 26.3 Å². The first-order valence-electron chi connectivity index (χ1n) is 10.6. The van der Waals surface area contributed by atoms with Crippen LogP contribution in [0.5, 0.6) is 0 Å². The van der Waals surface area contributed by atoms with E-state index in [1.807, 2.05) is 38.1 Å². The second-order valence-electron chi connectivity index (χ2n) is 7.27. The number of benzene rings is 4. The summed E-state index contributed by atoms with van der Waals surface area (Å²) in [5.41, 5.74) is 3.63. The monoisotopic (exact) mass is 546 g/mol. The molecule has 0 spiro atoms. The Balaban J connectivity index is 0.00000105. The molecule has 0 saturated carbocycles. The van der Waals surface area contributed by atoms with Gasteiger partial charge in [0.1, 0.15) is 11.5 Å². The van der Waals surface area contributed by atoms with Gasteiger partial charge in [0.15, 0.2) is 11.2 Å². The molecule has 32 heavy (non-hydrogen) atoms. The summed E-state index contributed by atoms with van der Waals surface area (Å²) in [6.45, 7) is 4.00. The molecule has 0 unspecified atom stereocenters. The van der Waals surface area contributed by atoms with Crippen LogP contribution in [0.4, 0.5) is 0 Å². The molecule has 4 aromatic carbocycles. The molecule has 6 rings (SSSR count). The molecule has 0 fully saturated rings. The van der Waals surface area contributed by atoms with Crippen LogP contribution in [0.1, 0.15) is 13.8 Å². The highest BCUT2D eigenvalue weighted by Gasteiger charge is 2.18. The Kier molecular flexibility index (Phi) is 5.66. The fourth-order valence-corrected chi connectivity index (χ4v) is 4.51. The molecule has 0 bridgehead atoms. The molecule has 4 heteroatoms. The van der Waals surface area contributed by atoms with Gasteiger partial charge in [0, 0.05) is 30.8 Å². The summed E-state index contributed by atoms with van der Waals surface area (Å²) in [6.07, 6.45) is 0. The molecule has 0 aliphatic carbocycles. The van der Waals surface area contributed by atoms with Crippen molar-refractivity contribution in [2.75, 3.05) is 0 Å². The van der Waals surface area contributed by atoms with Crippen LogP contribution in [-0.4, -0.2) is 0 Å². The Morgan fingerprint density at radius 3 is 1.25 bits per heavy atom. The Morgan fingerprint density at radius 1 is 0.500 bits per heavy atom. The molecule has 2 nitrogen and oxygen atoms in total. The van der Waals surface area contributed by atoms with Crippen LogP contribution >= 0.6 is 31.9 Å². The molecule has 0 atom stereocenters. The van der Waals surface area contributed by atoms with Gasteiger partial charge >= 0.3 is 0 Å². The number of hydrogen-bond donors (Lipinski definition) is 0. The lowest BCUT2D eigenvalue weighted by atomic mass is 10.0. The second-order valence-corrected chi connectivity index (χ2v) is 9.10. The lowest BCUT2D eigenvalue weighted by molar-refractivity contribution is 0.598. The van der Waals surface area contributed by atoms with Crippen molar-refractivity contribution in [3.05, 3.63) is 93.9 Å². The molecule has 2 aromatic heterocycles. The van der Waals surface area contributed by atoms with Gasteiger partial charge in [-0.2, -0.15) is 0 Å². The molecule has 0 N–H and O–H groups in total. The van der Waals surface area contributed by atoms with Gasteiger partial charge < -0.3 is 8.83 Å². The smallest absolute Gasteiger partial charge is 0.178 e. The standard InChI is InChI=1S/C26H14Br2O2.C2H6/c27-17-9-5-15(6-10-17)23-13-21-19-3-1-2-4-20(19)22-14-24(30-26(22)25(21)29-23)16-7-11-18(28)12-8-16;1-2/h1-14H;1-2H3.